The molecule has 1 aromatic rings. The van der Waals surface area contributed by atoms with Gasteiger partial charge in [0, 0.05) is 17.6 Å². The summed E-state index contributed by atoms with van der Waals surface area (Å²) in [5.74, 6) is 0.235. The van der Waals surface area contributed by atoms with E-state index in [9.17, 15) is 4.79 Å². The number of likely N-dealkylation sites (N-methyl/N-ethyl adjacent to an activating group) is 1. The number of benzene rings is 1. The quantitative estimate of drug-likeness (QED) is 0.809. The molecule has 0 heterocycles. The number of amides is 1. The van der Waals surface area contributed by atoms with E-state index < -0.39 is 0 Å². The van der Waals surface area contributed by atoms with Gasteiger partial charge in [0.1, 0.15) is 5.75 Å². The Balaban J connectivity index is 2.72. The number of carbonyl (C=O) groups is 1. The monoisotopic (exact) mass is 229 g/mol. The van der Waals surface area contributed by atoms with Crippen molar-refractivity contribution in [2.75, 3.05) is 13.7 Å². The van der Waals surface area contributed by atoms with Crippen LogP contribution in [0.15, 0.2) is 18.2 Å². The van der Waals surface area contributed by atoms with Crippen molar-refractivity contribution in [3.63, 3.8) is 0 Å². The Bertz CT molecular complexity index is 355. The van der Waals surface area contributed by atoms with E-state index in [1.54, 1.807) is 18.2 Å². The minimum absolute atomic E-state index is 0.0782. The summed E-state index contributed by atoms with van der Waals surface area (Å²) < 4.78 is 5.21. The molecule has 0 aliphatic carbocycles. The van der Waals surface area contributed by atoms with Crippen LogP contribution in [-0.4, -0.2) is 24.7 Å². The van der Waals surface area contributed by atoms with E-state index in [4.69, 9.17) is 21.4 Å². The summed E-state index contributed by atoms with van der Waals surface area (Å²) in [5, 5.41) is 12.0. The van der Waals surface area contributed by atoms with Crippen LogP contribution in [0.3, 0.4) is 0 Å². The normalized spacial score (nSPS) is 9.80. The summed E-state index contributed by atoms with van der Waals surface area (Å²) >= 11 is 5.74. The number of nitrogens with one attached hydrogen (secondary N) is 1. The van der Waals surface area contributed by atoms with Gasteiger partial charge in [0.15, 0.2) is 6.61 Å². The van der Waals surface area contributed by atoms with Gasteiger partial charge in [-0.2, -0.15) is 0 Å². The predicted molar refractivity (Wildman–Crippen MR) is 56.9 cm³/mol. The SMILES string of the molecule is CNC(=O)COc1ccc(Cl)cc1CO. The fourth-order valence-corrected chi connectivity index (χ4v) is 1.22. The molecular weight excluding hydrogens is 218 g/mol. The van der Waals surface area contributed by atoms with Crippen molar-refractivity contribution in [1.82, 2.24) is 5.32 Å². The molecule has 4 nitrogen and oxygen atoms in total. The Morgan fingerprint density at radius 1 is 1.60 bits per heavy atom. The summed E-state index contributed by atoms with van der Waals surface area (Å²) in [6.45, 7) is -0.255. The number of rotatable bonds is 4. The third kappa shape index (κ3) is 3.42. The molecule has 82 valence electrons. The second kappa shape index (κ2) is 5.58. The van der Waals surface area contributed by atoms with Crippen molar-refractivity contribution in [3.05, 3.63) is 28.8 Å². The molecular formula is C10H12ClNO3. The van der Waals surface area contributed by atoms with Crippen LogP contribution >= 0.6 is 11.6 Å². The van der Waals surface area contributed by atoms with Crippen LogP contribution in [0, 0.1) is 0 Å². The molecule has 0 unspecified atom stereocenters. The third-order valence-corrected chi connectivity index (χ3v) is 2.07. The molecule has 15 heavy (non-hydrogen) atoms. The molecule has 0 saturated carbocycles. The fraction of sp³-hybridized carbons (Fsp3) is 0.300. The lowest BCUT2D eigenvalue weighted by atomic mass is 10.2. The van der Waals surface area contributed by atoms with Gasteiger partial charge < -0.3 is 15.2 Å². The van der Waals surface area contributed by atoms with E-state index in [2.05, 4.69) is 5.32 Å². The van der Waals surface area contributed by atoms with E-state index in [0.717, 1.165) is 0 Å². The molecule has 0 atom stereocenters. The Morgan fingerprint density at radius 2 is 2.33 bits per heavy atom. The van der Waals surface area contributed by atoms with Crippen molar-refractivity contribution < 1.29 is 14.6 Å². The Morgan fingerprint density at radius 3 is 2.93 bits per heavy atom. The average Bonchev–Trinajstić information content (AvgIpc) is 2.26. The third-order valence-electron chi connectivity index (χ3n) is 1.83. The number of hydrogen-bond donors (Lipinski definition) is 2. The highest BCUT2D eigenvalue weighted by Gasteiger charge is 2.05. The Kier molecular flexibility index (Phi) is 4.39. The van der Waals surface area contributed by atoms with Gasteiger partial charge >= 0.3 is 0 Å². The molecule has 1 amide bonds. The van der Waals surface area contributed by atoms with Gasteiger partial charge in [-0.15, -0.1) is 0 Å². The number of hydrogen-bond acceptors (Lipinski definition) is 3. The molecule has 0 saturated heterocycles. The van der Waals surface area contributed by atoms with E-state index in [-0.39, 0.29) is 19.1 Å². The minimum Gasteiger partial charge on any atom is -0.483 e. The summed E-state index contributed by atoms with van der Waals surface area (Å²) in [7, 11) is 1.53. The number of ether oxygens (including phenoxy) is 1. The van der Waals surface area contributed by atoms with Gasteiger partial charge in [0.25, 0.3) is 5.91 Å². The molecule has 5 heteroatoms. The summed E-state index contributed by atoms with van der Waals surface area (Å²) in [4.78, 5) is 10.9. The number of halogens is 1. The number of carbonyl (C=O) groups excluding carboxylic acids is 1. The lowest BCUT2D eigenvalue weighted by molar-refractivity contribution is -0.122. The molecule has 0 radical (unpaired) electrons. The van der Waals surface area contributed by atoms with Gasteiger partial charge in [0.05, 0.1) is 6.61 Å². The Labute approximate surface area is 92.8 Å². The first-order valence-corrected chi connectivity index (χ1v) is 4.78. The molecule has 2 N–H and O–H groups in total. The minimum atomic E-state index is -0.228. The molecule has 1 rings (SSSR count). The highest BCUT2D eigenvalue weighted by Crippen LogP contribution is 2.22. The molecule has 1 aromatic carbocycles. The smallest absolute Gasteiger partial charge is 0.257 e. The lowest BCUT2D eigenvalue weighted by Crippen LogP contribution is -2.25. The van der Waals surface area contributed by atoms with Gasteiger partial charge in [-0.1, -0.05) is 11.6 Å². The van der Waals surface area contributed by atoms with E-state index in [0.29, 0.717) is 16.3 Å². The van der Waals surface area contributed by atoms with E-state index >= 15 is 0 Å². The zero-order valence-electron chi connectivity index (χ0n) is 8.29. The highest BCUT2D eigenvalue weighted by atomic mass is 35.5. The second-order valence-corrected chi connectivity index (χ2v) is 3.31. The second-order valence-electron chi connectivity index (χ2n) is 2.87. The van der Waals surface area contributed by atoms with Crippen molar-refractivity contribution >= 4 is 17.5 Å². The first kappa shape index (κ1) is 11.8. The standard InChI is InChI=1S/C10H12ClNO3/c1-12-10(14)6-15-9-3-2-8(11)4-7(9)5-13/h2-4,13H,5-6H2,1H3,(H,12,14). The molecule has 0 aliphatic heterocycles. The van der Waals surface area contributed by atoms with Crippen LogP contribution in [0.1, 0.15) is 5.56 Å². The van der Waals surface area contributed by atoms with Crippen molar-refractivity contribution in [2.45, 2.75) is 6.61 Å². The lowest BCUT2D eigenvalue weighted by Gasteiger charge is -2.09. The van der Waals surface area contributed by atoms with Crippen molar-refractivity contribution in [2.24, 2.45) is 0 Å². The topological polar surface area (TPSA) is 58.6 Å². The zero-order chi connectivity index (χ0) is 11.3. The van der Waals surface area contributed by atoms with Crippen LogP contribution in [0.25, 0.3) is 0 Å². The average molecular weight is 230 g/mol. The van der Waals surface area contributed by atoms with Crippen LogP contribution in [0.5, 0.6) is 5.75 Å². The summed E-state index contributed by atoms with van der Waals surface area (Å²) in [6.07, 6.45) is 0. The maximum atomic E-state index is 10.9. The number of aliphatic hydroxyl groups excluding tert-OH is 1. The molecule has 0 aromatic heterocycles. The molecule has 0 aliphatic rings. The Hall–Kier alpha value is -1.26. The van der Waals surface area contributed by atoms with E-state index in [1.807, 2.05) is 0 Å². The fourth-order valence-electron chi connectivity index (χ4n) is 1.03. The maximum absolute atomic E-state index is 10.9. The van der Waals surface area contributed by atoms with Gasteiger partial charge in [-0.05, 0) is 18.2 Å². The van der Waals surface area contributed by atoms with Crippen LogP contribution < -0.4 is 10.1 Å². The van der Waals surface area contributed by atoms with Gasteiger partial charge in [-0.3, -0.25) is 4.79 Å². The summed E-state index contributed by atoms with van der Waals surface area (Å²) in [5.41, 5.74) is 0.561. The highest BCUT2D eigenvalue weighted by molar-refractivity contribution is 6.30. The largest absolute Gasteiger partial charge is 0.483 e. The van der Waals surface area contributed by atoms with Crippen LogP contribution in [-0.2, 0) is 11.4 Å². The molecule has 0 spiro atoms. The van der Waals surface area contributed by atoms with Crippen LogP contribution in [0.4, 0.5) is 0 Å². The molecule has 0 bridgehead atoms. The van der Waals surface area contributed by atoms with Crippen molar-refractivity contribution in [1.29, 1.82) is 0 Å². The predicted octanol–water partition coefficient (Wildman–Crippen LogP) is 0.957. The first-order chi connectivity index (χ1) is 7.17. The van der Waals surface area contributed by atoms with Gasteiger partial charge in [0.2, 0.25) is 0 Å². The zero-order valence-corrected chi connectivity index (χ0v) is 9.04. The van der Waals surface area contributed by atoms with E-state index in [1.165, 1.54) is 7.05 Å². The maximum Gasteiger partial charge on any atom is 0.257 e. The van der Waals surface area contributed by atoms with Crippen molar-refractivity contribution in [3.8, 4) is 5.75 Å². The summed E-state index contributed by atoms with van der Waals surface area (Å²) in [6, 6.07) is 4.86. The molecule has 0 fully saturated rings. The van der Waals surface area contributed by atoms with Crippen LogP contribution in [0.2, 0.25) is 5.02 Å². The van der Waals surface area contributed by atoms with Gasteiger partial charge in [-0.25, -0.2) is 0 Å². The number of aliphatic hydroxyl groups is 1. The first-order valence-electron chi connectivity index (χ1n) is 4.40.